The Kier molecular flexibility index (Phi) is 13.8. The maximum absolute atomic E-state index is 13.6. The molecule has 1 unspecified atom stereocenters. The van der Waals surface area contributed by atoms with Crippen LogP contribution in [0, 0.1) is 11.8 Å². The lowest BCUT2D eigenvalue weighted by Crippen LogP contribution is -2.48. The van der Waals surface area contributed by atoms with E-state index in [-0.39, 0.29) is 25.0 Å². The summed E-state index contributed by atoms with van der Waals surface area (Å²) < 4.78 is 27.4. The van der Waals surface area contributed by atoms with Crippen LogP contribution < -0.4 is 10.6 Å². The molecule has 2 amide bonds. The van der Waals surface area contributed by atoms with E-state index >= 15 is 0 Å². The summed E-state index contributed by atoms with van der Waals surface area (Å²) in [6.07, 6.45) is -4.11. The molecule has 3 atom stereocenters. The first kappa shape index (κ1) is 42.9. The maximum Gasteiger partial charge on any atom is 0.407 e. The highest BCUT2D eigenvalue weighted by Crippen LogP contribution is 2.45. The number of fused-ring (bicyclic) bond motifs is 6. The second kappa shape index (κ2) is 19.4. The molecule has 0 saturated carbocycles. The molecule has 14 heteroatoms. The number of hydrogen-bond donors (Lipinski definition) is 3. The van der Waals surface area contributed by atoms with Gasteiger partial charge >= 0.3 is 36.1 Å². The van der Waals surface area contributed by atoms with Crippen LogP contribution in [0.3, 0.4) is 0 Å². The molecule has 2 aliphatic rings. The molecular weight excluding hydrogens is 773 g/mol. The number of rotatable bonds is 17. The Labute approximate surface area is 347 Å². The SMILES string of the molecule is CC(C)[C@H](NC(=O)OCC1c2ccccc2-c2ccccc21)C(=O)OCC(COC(=O)CC(=O)O)OC(=O)[C@@H](NC(=O)OCC1c2ccccc2-c2ccccc21)C(C)C. The Morgan fingerprint density at radius 2 is 0.900 bits per heavy atom. The van der Waals surface area contributed by atoms with Crippen molar-refractivity contribution in [1.29, 1.82) is 0 Å². The average Bonchev–Trinajstić information content (AvgIpc) is 3.72. The van der Waals surface area contributed by atoms with Gasteiger partial charge in [-0.2, -0.15) is 0 Å². The number of aliphatic carboxylic acids is 1. The zero-order valence-electron chi connectivity index (χ0n) is 33.8. The number of esters is 3. The predicted molar refractivity (Wildman–Crippen MR) is 218 cm³/mol. The Hall–Kier alpha value is -6.70. The number of alkyl carbamates (subject to hydrolysis) is 2. The van der Waals surface area contributed by atoms with Crippen LogP contribution in [-0.4, -0.2) is 85.8 Å². The molecule has 0 heterocycles. The van der Waals surface area contributed by atoms with E-state index in [1.807, 2.05) is 97.1 Å². The van der Waals surface area contributed by atoms with Crippen molar-refractivity contribution in [2.45, 2.75) is 64.1 Å². The second-order valence-electron chi connectivity index (χ2n) is 15.3. The van der Waals surface area contributed by atoms with Gasteiger partial charge in [0.15, 0.2) is 6.10 Å². The molecule has 4 aromatic carbocycles. The van der Waals surface area contributed by atoms with Crippen LogP contribution in [0.4, 0.5) is 9.59 Å². The summed E-state index contributed by atoms with van der Waals surface area (Å²) in [4.78, 5) is 76.4. The number of hydrogen-bond acceptors (Lipinski definition) is 11. The van der Waals surface area contributed by atoms with Crippen LogP contribution in [0.1, 0.15) is 68.2 Å². The van der Waals surface area contributed by atoms with E-state index in [9.17, 15) is 28.8 Å². The first-order chi connectivity index (χ1) is 28.8. The van der Waals surface area contributed by atoms with Gasteiger partial charge in [0.1, 0.15) is 44.9 Å². The summed E-state index contributed by atoms with van der Waals surface area (Å²) in [5.41, 5.74) is 8.27. The van der Waals surface area contributed by atoms with Gasteiger partial charge in [-0.15, -0.1) is 0 Å². The predicted octanol–water partition coefficient (Wildman–Crippen LogP) is 6.59. The van der Waals surface area contributed by atoms with E-state index in [1.165, 1.54) is 0 Å². The summed E-state index contributed by atoms with van der Waals surface area (Å²) in [5.74, 6) is -5.82. The zero-order chi connectivity index (χ0) is 42.9. The number of carbonyl (C=O) groups is 6. The third kappa shape index (κ3) is 10.1. The smallest absolute Gasteiger partial charge is 0.407 e. The van der Waals surface area contributed by atoms with Crippen molar-refractivity contribution in [2.24, 2.45) is 11.8 Å². The van der Waals surface area contributed by atoms with Crippen LogP contribution in [0.15, 0.2) is 97.1 Å². The lowest BCUT2D eigenvalue weighted by molar-refractivity contribution is -0.170. The van der Waals surface area contributed by atoms with E-state index in [4.69, 9.17) is 28.8 Å². The molecule has 0 spiro atoms. The van der Waals surface area contributed by atoms with Crippen molar-refractivity contribution in [1.82, 2.24) is 10.6 Å². The van der Waals surface area contributed by atoms with E-state index in [0.29, 0.717) is 0 Å². The molecular formula is C46H48N2O12. The number of nitrogens with one attached hydrogen (secondary N) is 2. The minimum Gasteiger partial charge on any atom is -0.481 e. The van der Waals surface area contributed by atoms with Gasteiger partial charge in [0.05, 0.1) is 0 Å². The molecule has 314 valence electrons. The van der Waals surface area contributed by atoms with E-state index in [1.54, 1.807) is 27.7 Å². The monoisotopic (exact) mass is 820 g/mol. The number of ether oxygens (including phenoxy) is 5. The fourth-order valence-corrected chi connectivity index (χ4v) is 7.51. The van der Waals surface area contributed by atoms with Gasteiger partial charge in [-0.1, -0.05) is 125 Å². The van der Waals surface area contributed by atoms with Crippen LogP contribution in [0.5, 0.6) is 0 Å². The zero-order valence-corrected chi connectivity index (χ0v) is 33.8. The molecule has 0 radical (unpaired) electrons. The lowest BCUT2D eigenvalue weighted by Gasteiger charge is -2.26. The largest absolute Gasteiger partial charge is 0.481 e. The van der Waals surface area contributed by atoms with Crippen molar-refractivity contribution in [2.75, 3.05) is 26.4 Å². The lowest BCUT2D eigenvalue weighted by atomic mass is 9.98. The Balaban J connectivity index is 1.06. The van der Waals surface area contributed by atoms with Crippen molar-refractivity contribution in [3.8, 4) is 22.3 Å². The molecule has 0 aliphatic heterocycles. The van der Waals surface area contributed by atoms with Crippen LogP contribution >= 0.6 is 0 Å². The minimum absolute atomic E-state index is 0.00107. The molecule has 0 bridgehead atoms. The number of carboxylic acid groups (broad SMARTS) is 1. The quantitative estimate of drug-likeness (QED) is 0.0589. The van der Waals surface area contributed by atoms with Crippen molar-refractivity contribution in [3.05, 3.63) is 119 Å². The van der Waals surface area contributed by atoms with Gasteiger partial charge in [-0.25, -0.2) is 19.2 Å². The summed E-state index contributed by atoms with van der Waals surface area (Å²) in [7, 11) is 0. The Bertz CT molecular complexity index is 2140. The molecule has 14 nitrogen and oxygen atoms in total. The highest BCUT2D eigenvalue weighted by Gasteiger charge is 2.34. The molecule has 6 rings (SSSR count). The summed E-state index contributed by atoms with van der Waals surface area (Å²) >= 11 is 0. The highest BCUT2D eigenvalue weighted by molar-refractivity contribution is 5.90. The van der Waals surface area contributed by atoms with Gasteiger partial charge in [-0.3, -0.25) is 9.59 Å². The minimum atomic E-state index is -1.44. The maximum atomic E-state index is 13.6. The molecule has 2 aliphatic carbocycles. The Morgan fingerprint density at radius 1 is 0.533 bits per heavy atom. The van der Waals surface area contributed by atoms with Crippen LogP contribution in [0.25, 0.3) is 22.3 Å². The van der Waals surface area contributed by atoms with Crippen LogP contribution in [0.2, 0.25) is 0 Å². The van der Waals surface area contributed by atoms with E-state index < -0.39 is 85.7 Å². The van der Waals surface area contributed by atoms with Gasteiger partial charge in [0.25, 0.3) is 0 Å². The van der Waals surface area contributed by atoms with Gasteiger partial charge in [0, 0.05) is 11.8 Å². The van der Waals surface area contributed by atoms with Crippen LogP contribution in [-0.2, 0) is 42.9 Å². The summed E-state index contributed by atoms with van der Waals surface area (Å²) in [5, 5.41) is 14.1. The molecule has 60 heavy (non-hydrogen) atoms. The number of amides is 2. The molecule has 0 saturated heterocycles. The van der Waals surface area contributed by atoms with Gasteiger partial charge in [-0.05, 0) is 56.3 Å². The van der Waals surface area contributed by atoms with Crippen molar-refractivity contribution < 1.29 is 57.6 Å². The molecule has 4 aromatic rings. The molecule has 3 N–H and O–H groups in total. The topological polar surface area (TPSA) is 193 Å². The number of carbonyl (C=O) groups excluding carboxylic acids is 5. The highest BCUT2D eigenvalue weighted by atomic mass is 16.6. The van der Waals surface area contributed by atoms with Crippen molar-refractivity contribution in [3.63, 3.8) is 0 Å². The first-order valence-electron chi connectivity index (χ1n) is 19.8. The summed E-state index contributed by atoms with van der Waals surface area (Å²) in [6, 6.07) is 29.0. The average molecular weight is 821 g/mol. The van der Waals surface area contributed by atoms with Gasteiger partial charge < -0.3 is 39.4 Å². The number of benzene rings is 4. The number of carboxylic acids is 1. The standard InChI is InChI=1S/C46H48N2O12/c1-26(2)41(47-45(54)58-24-37-33-17-9-5-13-29(33)30-14-6-10-18-34(30)37)43(52)57-23-28(22-56-40(51)21-39(49)50)60-44(53)42(27(3)4)48-46(55)59-25-38-35-19-11-7-15-31(35)32-16-8-12-20-36(32)38/h5-20,26-28,37-38,41-42H,21-25H2,1-4H3,(H,47,54)(H,48,55)(H,49,50)/t28?,41-,42-/m0/s1. The normalized spacial score (nSPS) is 14.1. The Morgan fingerprint density at radius 3 is 1.28 bits per heavy atom. The molecule has 0 fully saturated rings. The van der Waals surface area contributed by atoms with Gasteiger partial charge in [0.2, 0.25) is 0 Å². The first-order valence-corrected chi connectivity index (χ1v) is 19.8. The van der Waals surface area contributed by atoms with Crippen molar-refractivity contribution >= 4 is 36.1 Å². The third-order valence-corrected chi connectivity index (χ3v) is 10.5. The summed E-state index contributed by atoms with van der Waals surface area (Å²) in [6.45, 7) is 5.40. The second-order valence-corrected chi connectivity index (χ2v) is 15.3. The van der Waals surface area contributed by atoms with E-state index in [2.05, 4.69) is 10.6 Å². The molecule has 0 aromatic heterocycles. The van der Waals surface area contributed by atoms with E-state index in [0.717, 1.165) is 44.5 Å². The fourth-order valence-electron chi connectivity index (χ4n) is 7.51. The fraction of sp³-hybridized carbons (Fsp3) is 0.348. The third-order valence-electron chi connectivity index (χ3n) is 10.5.